The fourth-order valence-electron chi connectivity index (χ4n) is 11.3. The highest BCUT2D eigenvalue weighted by molar-refractivity contribution is 7.47. The van der Waals surface area contributed by atoms with Crippen molar-refractivity contribution in [3.8, 4) is 0 Å². The zero-order valence-electron chi connectivity index (χ0n) is 62.0. The standard InChI is InChI=1S/C77H146O17P2/c1-6-9-12-15-18-21-24-26-28-32-37-41-46-51-56-61-75(80)88-67-73(94-77(82)63-58-53-48-43-38-33-30-27-29-31-35-39-44-49-54-59-70(4)5)69-92-96(85,86)90-65-71(78)64-89-95(83,84)91-68-72(66-87-74(79)60-55-50-45-40-34-23-20-17-14-11-8-3)93-76(81)62-57-52-47-42-36-25-22-19-16-13-10-7-2/h21,24,26,28,70-73,78H,6-20,22-23,25,27,29-69H2,1-5H3,(H,83,84)(H,85,86)/b24-21-,28-26-/t71-,72+,73+/m0/s1. The van der Waals surface area contributed by atoms with E-state index in [9.17, 15) is 43.2 Å². The molecule has 0 aliphatic heterocycles. The second-order valence-electron chi connectivity index (χ2n) is 27.5. The first-order chi connectivity index (χ1) is 46.5. The summed E-state index contributed by atoms with van der Waals surface area (Å²) in [6, 6.07) is 0. The number of allylic oxidation sites excluding steroid dienone is 4. The maximum absolute atomic E-state index is 13.1. The van der Waals surface area contributed by atoms with E-state index in [1.54, 1.807) is 0 Å². The number of rotatable bonds is 75. The lowest BCUT2D eigenvalue weighted by atomic mass is 10.0. The van der Waals surface area contributed by atoms with Gasteiger partial charge in [-0.05, 0) is 57.3 Å². The van der Waals surface area contributed by atoms with Crippen molar-refractivity contribution in [2.75, 3.05) is 39.6 Å². The predicted octanol–water partition coefficient (Wildman–Crippen LogP) is 22.4. The summed E-state index contributed by atoms with van der Waals surface area (Å²) in [5, 5.41) is 10.6. The zero-order chi connectivity index (χ0) is 70.5. The first-order valence-corrected chi connectivity index (χ1v) is 42.4. The molecule has 0 aliphatic carbocycles. The normalized spacial score (nSPS) is 14.1. The highest BCUT2D eigenvalue weighted by Gasteiger charge is 2.30. The first-order valence-electron chi connectivity index (χ1n) is 39.5. The van der Waals surface area contributed by atoms with Gasteiger partial charge in [0.2, 0.25) is 0 Å². The maximum Gasteiger partial charge on any atom is 0.472 e. The van der Waals surface area contributed by atoms with Crippen molar-refractivity contribution >= 4 is 39.5 Å². The van der Waals surface area contributed by atoms with Crippen LogP contribution in [0.4, 0.5) is 0 Å². The van der Waals surface area contributed by atoms with Gasteiger partial charge in [0.05, 0.1) is 26.4 Å². The van der Waals surface area contributed by atoms with Gasteiger partial charge in [-0.15, -0.1) is 0 Å². The minimum atomic E-state index is -4.96. The predicted molar refractivity (Wildman–Crippen MR) is 391 cm³/mol. The maximum atomic E-state index is 13.1. The summed E-state index contributed by atoms with van der Waals surface area (Å²) in [5.41, 5.74) is 0. The Labute approximate surface area is 586 Å². The Morgan fingerprint density at radius 1 is 0.323 bits per heavy atom. The minimum Gasteiger partial charge on any atom is -0.462 e. The largest absolute Gasteiger partial charge is 0.472 e. The van der Waals surface area contributed by atoms with Crippen LogP contribution < -0.4 is 0 Å². The molecule has 0 aromatic carbocycles. The second kappa shape index (κ2) is 69.6. The number of hydrogen-bond acceptors (Lipinski definition) is 15. The van der Waals surface area contributed by atoms with Gasteiger partial charge in [-0.3, -0.25) is 37.3 Å². The topological polar surface area (TPSA) is 237 Å². The molecule has 566 valence electrons. The summed E-state index contributed by atoms with van der Waals surface area (Å²) in [6.07, 6.45) is 61.7. The molecule has 0 rings (SSSR count). The van der Waals surface area contributed by atoms with Crippen molar-refractivity contribution in [3.05, 3.63) is 24.3 Å². The van der Waals surface area contributed by atoms with Crippen LogP contribution >= 0.6 is 15.6 Å². The van der Waals surface area contributed by atoms with Gasteiger partial charge < -0.3 is 33.8 Å². The van der Waals surface area contributed by atoms with Crippen molar-refractivity contribution in [2.45, 2.75) is 400 Å². The number of carbonyl (C=O) groups is 4. The average Bonchev–Trinajstić information content (AvgIpc) is 2.24. The molecule has 0 heterocycles. The lowest BCUT2D eigenvalue weighted by Gasteiger charge is -2.21. The van der Waals surface area contributed by atoms with Crippen LogP contribution in [-0.2, 0) is 65.4 Å². The lowest BCUT2D eigenvalue weighted by molar-refractivity contribution is -0.161. The number of aliphatic hydroxyl groups excluding tert-OH is 1. The molecule has 3 N–H and O–H groups in total. The summed E-state index contributed by atoms with van der Waals surface area (Å²) < 4.78 is 68.5. The van der Waals surface area contributed by atoms with Crippen LogP contribution in [-0.4, -0.2) is 96.7 Å². The van der Waals surface area contributed by atoms with Gasteiger partial charge in [-0.1, -0.05) is 329 Å². The van der Waals surface area contributed by atoms with Gasteiger partial charge in [-0.25, -0.2) is 9.13 Å². The molecule has 0 saturated carbocycles. The molecule has 0 aromatic rings. The monoisotopic (exact) mass is 1410 g/mol. The number of esters is 4. The van der Waals surface area contributed by atoms with Crippen LogP contribution in [0.1, 0.15) is 381 Å². The molecule has 17 nitrogen and oxygen atoms in total. The fourth-order valence-corrected chi connectivity index (χ4v) is 12.9. The Hall–Kier alpha value is -2.46. The Kier molecular flexibility index (Phi) is 67.8. The van der Waals surface area contributed by atoms with E-state index in [0.29, 0.717) is 25.7 Å². The molecule has 0 saturated heterocycles. The van der Waals surface area contributed by atoms with Gasteiger partial charge in [0.25, 0.3) is 0 Å². The van der Waals surface area contributed by atoms with E-state index in [4.69, 9.17) is 37.0 Å². The van der Waals surface area contributed by atoms with Crippen LogP contribution in [0.25, 0.3) is 0 Å². The van der Waals surface area contributed by atoms with Crippen molar-refractivity contribution in [1.82, 2.24) is 0 Å². The Balaban J connectivity index is 5.28. The van der Waals surface area contributed by atoms with Crippen LogP contribution in [0, 0.1) is 5.92 Å². The number of phosphoric acid groups is 2. The highest BCUT2D eigenvalue weighted by Crippen LogP contribution is 2.45. The van der Waals surface area contributed by atoms with Crippen LogP contribution in [0.5, 0.6) is 0 Å². The van der Waals surface area contributed by atoms with Crippen molar-refractivity contribution in [2.24, 2.45) is 5.92 Å². The number of ether oxygens (including phenoxy) is 4. The SMILES string of the molecule is CCCCCC/C=C\C=C/CCCCCCCC(=O)OC[C@H](COP(=O)(O)OC[C@@H](O)COP(=O)(O)OC[C@@H](COC(=O)CCCCCCCCCCCCC)OC(=O)CCCCCCCCCCCCCC)OC(=O)CCCCCCCCCCCCCCCCCC(C)C. The molecule has 19 heteroatoms. The molecular formula is C77H146O17P2. The number of phosphoric ester groups is 2. The van der Waals surface area contributed by atoms with E-state index < -0.39 is 97.5 Å². The van der Waals surface area contributed by atoms with Gasteiger partial charge in [0, 0.05) is 25.7 Å². The van der Waals surface area contributed by atoms with Gasteiger partial charge in [0.1, 0.15) is 19.3 Å². The quantitative estimate of drug-likeness (QED) is 0.0169. The van der Waals surface area contributed by atoms with E-state index in [-0.39, 0.29) is 25.7 Å². The average molecular weight is 1410 g/mol. The van der Waals surface area contributed by atoms with Crippen molar-refractivity contribution in [1.29, 1.82) is 0 Å². The van der Waals surface area contributed by atoms with E-state index in [2.05, 4.69) is 58.9 Å². The molecule has 0 amide bonds. The third-order valence-electron chi connectivity index (χ3n) is 17.4. The number of unbranched alkanes of at least 4 members (excludes halogenated alkanes) is 44. The number of carbonyl (C=O) groups excluding carboxylic acids is 4. The van der Waals surface area contributed by atoms with Crippen molar-refractivity contribution in [3.63, 3.8) is 0 Å². The summed E-state index contributed by atoms with van der Waals surface area (Å²) in [4.78, 5) is 72.8. The molecule has 0 spiro atoms. The van der Waals surface area contributed by atoms with Crippen LogP contribution in [0.2, 0.25) is 0 Å². The lowest BCUT2D eigenvalue weighted by Crippen LogP contribution is -2.30. The number of hydrogen-bond donors (Lipinski definition) is 3. The van der Waals surface area contributed by atoms with E-state index in [0.717, 1.165) is 115 Å². The smallest absolute Gasteiger partial charge is 0.462 e. The molecule has 0 bridgehead atoms. The highest BCUT2D eigenvalue weighted by atomic mass is 31.2. The van der Waals surface area contributed by atoms with Crippen LogP contribution in [0.15, 0.2) is 24.3 Å². The van der Waals surface area contributed by atoms with E-state index in [1.807, 2.05) is 0 Å². The molecule has 5 atom stereocenters. The molecule has 0 fully saturated rings. The van der Waals surface area contributed by atoms with E-state index in [1.165, 1.54) is 186 Å². The summed E-state index contributed by atoms with van der Waals surface area (Å²) in [5.74, 6) is -1.34. The van der Waals surface area contributed by atoms with Gasteiger partial charge >= 0.3 is 39.5 Å². The van der Waals surface area contributed by atoms with Crippen molar-refractivity contribution < 1.29 is 80.2 Å². The third-order valence-corrected chi connectivity index (χ3v) is 19.3. The summed E-state index contributed by atoms with van der Waals surface area (Å²) in [6.45, 7) is 7.26. The molecule has 0 radical (unpaired) electrons. The summed E-state index contributed by atoms with van der Waals surface area (Å²) in [7, 11) is -9.92. The molecule has 0 aliphatic rings. The zero-order valence-corrected chi connectivity index (χ0v) is 63.8. The van der Waals surface area contributed by atoms with Gasteiger partial charge in [-0.2, -0.15) is 0 Å². The minimum absolute atomic E-state index is 0.101. The Bertz CT molecular complexity index is 1930. The Morgan fingerprint density at radius 3 is 0.854 bits per heavy atom. The molecule has 0 aromatic heterocycles. The summed E-state index contributed by atoms with van der Waals surface area (Å²) >= 11 is 0. The second-order valence-corrected chi connectivity index (χ2v) is 30.4. The fraction of sp³-hybridized carbons (Fsp3) is 0.896. The third kappa shape index (κ3) is 70.0. The first kappa shape index (κ1) is 93.5. The van der Waals surface area contributed by atoms with Gasteiger partial charge in [0.15, 0.2) is 12.2 Å². The van der Waals surface area contributed by atoms with E-state index >= 15 is 0 Å². The molecule has 2 unspecified atom stereocenters. The Morgan fingerprint density at radius 2 is 0.562 bits per heavy atom. The molecular weight excluding hydrogens is 1260 g/mol. The molecule has 96 heavy (non-hydrogen) atoms. The number of aliphatic hydroxyl groups is 1. The van der Waals surface area contributed by atoms with Crippen LogP contribution in [0.3, 0.4) is 0 Å².